The summed E-state index contributed by atoms with van der Waals surface area (Å²) in [5.41, 5.74) is 1.14. The Bertz CT molecular complexity index is 425. The van der Waals surface area contributed by atoms with E-state index in [4.69, 9.17) is 4.74 Å². The van der Waals surface area contributed by atoms with Crippen LogP contribution in [0.3, 0.4) is 0 Å². The van der Waals surface area contributed by atoms with Gasteiger partial charge in [-0.2, -0.15) is 0 Å². The summed E-state index contributed by atoms with van der Waals surface area (Å²) in [4.78, 5) is 12.1. The summed E-state index contributed by atoms with van der Waals surface area (Å²) in [6.45, 7) is 3.90. The Kier molecular flexibility index (Phi) is 4.83. The van der Waals surface area contributed by atoms with Crippen LogP contribution < -0.4 is 10.1 Å². The molecule has 0 aromatic heterocycles. The first-order valence-electron chi connectivity index (χ1n) is 7.25. The lowest BCUT2D eigenvalue weighted by atomic mass is 10.1. The molecule has 1 aliphatic carbocycles. The molecule has 0 bridgehead atoms. The number of carbonyl (C=O) groups excluding carboxylic acids is 1. The fraction of sp³-hybridized carbons (Fsp3) is 0.562. The molecule has 104 valence electrons. The van der Waals surface area contributed by atoms with E-state index >= 15 is 0 Å². The van der Waals surface area contributed by atoms with E-state index in [9.17, 15) is 4.79 Å². The van der Waals surface area contributed by atoms with Crippen LogP contribution in [0.4, 0.5) is 0 Å². The van der Waals surface area contributed by atoms with E-state index < -0.39 is 6.10 Å². The summed E-state index contributed by atoms with van der Waals surface area (Å²) < 4.78 is 5.80. The van der Waals surface area contributed by atoms with E-state index in [0.717, 1.165) is 30.6 Å². The fourth-order valence-electron chi connectivity index (χ4n) is 2.54. The van der Waals surface area contributed by atoms with E-state index in [-0.39, 0.29) is 5.91 Å². The second kappa shape index (κ2) is 6.60. The zero-order chi connectivity index (χ0) is 13.7. The maximum Gasteiger partial charge on any atom is 0.260 e. The van der Waals surface area contributed by atoms with Gasteiger partial charge in [0.05, 0.1) is 0 Å². The van der Waals surface area contributed by atoms with Crippen molar-refractivity contribution >= 4 is 5.91 Å². The van der Waals surface area contributed by atoms with Crippen LogP contribution in [0.1, 0.15) is 45.1 Å². The Morgan fingerprint density at radius 2 is 2.05 bits per heavy atom. The van der Waals surface area contributed by atoms with Crippen molar-refractivity contribution in [1.82, 2.24) is 5.32 Å². The molecule has 3 nitrogen and oxygen atoms in total. The fourth-order valence-corrected chi connectivity index (χ4v) is 2.54. The molecule has 0 spiro atoms. The Hall–Kier alpha value is -1.51. The van der Waals surface area contributed by atoms with Gasteiger partial charge < -0.3 is 10.1 Å². The molecule has 1 fully saturated rings. The molecule has 1 amide bonds. The van der Waals surface area contributed by atoms with Gasteiger partial charge in [0.25, 0.3) is 5.91 Å². The van der Waals surface area contributed by atoms with Crippen molar-refractivity contribution in [1.29, 1.82) is 0 Å². The monoisotopic (exact) mass is 261 g/mol. The highest BCUT2D eigenvalue weighted by molar-refractivity contribution is 5.81. The zero-order valence-electron chi connectivity index (χ0n) is 11.8. The highest BCUT2D eigenvalue weighted by Gasteiger charge is 2.21. The minimum Gasteiger partial charge on any atom is -0.481 e. The molecule has 0 heterocycles. The Labute approximate surface area is 115 Å². The molecule has 0 radical (unpaired) electrons. The van der Waals surface area contributed by atoms with Gasteiger partial charge in [0.15, 0.2) is 6.10 Å². The minimum absolute atomic E-state index is 0.00203. The largest absolute Gasteiger partial charge is 0.481 e. The van der Waals surface area contributed by atoms with Gasteiger partial charge >= 0.3 is 0 Å². The van der Waals surface area contributed by atoms with Gasteiger partial charge in [-0.25, -0.2) is 0 Å². The number of hydrogen-bond donors (Lipinski definition) is 1. The van der Waals surface area contributed by atoms with Crippen LogP contribution in [0.15, 0.2) is 24.3 Å². The number of hydrogen-bond acceptors (Lipinski definition) is 2. The van der Waals surface area contributed by atoms with Gasteiger partial charge in [-0.1, -0.05) is 38.0 Å². The lowest BCUT2D eigenvalue weighted by Crippen LogP contribution is -2.41. The maximum atomic E-state index is 12.1. The number of benzene rings is 1. The average Bonchev–Trinajstić information content (AvgIpc) is 2.92. The van der Waals surface area contributed by atoms with E-state index in [1.165, 1.54) is 12.8 Å². The van der Waals surface area contributed by atoms with Crippen LogP contribution in [0.25, 0.3) is 0 Å². The summed E-state index contributed by atoms with van der Waals surface area (Å²) in [5.74, 6) is 0.817. The topological polar surface area (TPSA) is 38.3 Å². The summed E-state index contributed by atoms with van der Waals surface area (Å²) in [5, 5.41) is 3.07. The maximum absolute atomic E-state index is 12.1. The van der Waals surface area contributed by atoms with Gasteiger partial charge in [-0.3, -0.25) is 4.79 Å². The van der Waals surface area contributed by atoms with E-state index in [1.54, 1.807) is 0 Å². The Morgan fingerprint density at radius 3 is 2.74 bits per heavy atom. The van der Waals surface area contributed by atoms with Crippen LogP contribution in [0.5, 0.6) is 5.75 Å². The number of ether oxygens (including phenoxy) is 1. The van der Waals surface area contributed by atoms with Crippen LogP contribution >= 0.6 is 0 Å². The first kappa shape index (κ1) is 13.9. The third-order valence-electron chi connectivity index (χ3n) is 3.73. The molecular weight excluding hydrogens is 238 g/mol. The summed E-state index contributed by atoms with van der Waals surface area (Å²) >= 11 is 0. The van der Waals surface area contributed by atoms with Crippen molar-refractivity contribution in [2.45, 2.75) is 58.1 Å². The van der Waals surface area contributed by atoms with Crippen molar-refractivity contribution in [3.8, 4) is 5.75 Å². The third kappa shape index (κ3) is 3.72. The molecule has 1 N–H and O–H groups in total. The summed E-state index contributed by atoms with van der Waals surface area (Å²) in [6.07, 6.45) is 5.12. The number of amides is 1. The molecule has 0 unspecified atom stereocenters. The second-order valence-corrected chi connectivity index (χ2v) is 5.21. The van der Waals surface area contributed by atoms with E-state index in [2.05, 4.69) is 12.2 Å². The van der Waals surface area contributed by atoms with Crippen molar-refractivity contribution in [3.05, 3.63) is 29.8 Å². The first-order chi connectivity index (χ1) is 9.20. The summed E-state index contributed by atoms with van der Waals surface area (Å²) in [6, 6.07) is 8.25. The number of rotatable bonds is 5. The molecule has 0 aliphatic heterocycles. The number of aryl methyl sites for hydroxylation is 1. The van der Waals surface area contributed by atoms with E-state index in [0.29, 0.717) is 6.04 Å². The highest BCUT2D eigenvalue weighted by Crippen LogP contribution is 2.21. The van der Waals surface area contributed by atoms with Crippen LogP contribution in [0.2, 0.25) is 0 Å². The number of nitrogens with one attached hydrogen (secondary N) is 1. The first-order valence-corrected chi connectivity index (χ1v) is 7.25. The van der Waals surface area contributed by atoms with Gasteiger partial charge in [0, 0.05) is 6.04 Å². The van der Waals surface area contributed by atoms with Gasteiger partial charge in [0.2, 0.25) is 0 Å². The lowest BCUT2D eigenvalue weighted by Gasteiger charge is -2.19. The standard InChI is InChI=1S/C16H23NO2/c1-3-13-8-4-7-11-15(13)19-12(2)16(18)17-14-9-5-6-10-14/h4,7-8,11-12,14H,3,5-6,9-10H2,1-2H3,(H,17,18)/t12-/m0/s1. The lowest BCUT2D eigenvalue weighted by molar-refractivity contribution is -0.127. The van der Waals surface area contributed by atoms with Gasteiger partial charge in [0.1, 0.15) is 5.75 Å². The number of carbonyl (C=O) groups is 1. The van der Waals surface area contributed by atoms with Crippen LogP contribution in [-0.4, -0.2) is 18.1 Å². The Balaban J connectivity index is 1.92. The van der Waals surface area contributed by atoms with Gasteiger partial charge in [-0.05, 0) is 37.8 Å². The molecular formula is C16H23NO2. The molecule has 0 saturated heterocycles. The quantitative estimate of drug-likeness (QED) is 0.884. The Morgan fingerprint density at radius 1 is 1.37 bits per heavy atom. The highest BCUT2D eigenvalue weighted by atomic mass is 16.5. The third-order valence-corrected chi connectivity index (χ3v) is 3.73. The normalized spacial score (nSPS) is 17.2. The van der Waals surface area contributed by atoms with Crippen molar-refractivity contribution in [2.24, 2.45) is 0 Å². The minimum atomic E-state index is -0.437. The molecule has 19 heavy (non-hydrogen) atoms. The summed E-state index contributed by atoms with van der Waals surface area (Å²) in [7, 11) is 0. The smallest absolute Gasteiger partial charge is 0.260 e. The molecule has 1 aliphatic rings. The van der Waals surface area contributed by atoms with Crippen molar-refractivity contribution in [3.63, 3.8) is 0 Å². The molecule has 1 aromatic carbocycles. The van der Waals surface area contributed by atoms with Crippen LogP contribution in [0, 0.1) is 0 Å². The zero-order valence-corrected chi connectivity index (χ0v) is 11.8. The molecule has 2 rings (SSSR count). The molecule has 3 heteroatoms. The SMILES string of the molecule is CCc1ccccc1O[C@@H](C)C(=O)NC1CCCC1. The average molecular weight is 261 g/mol. The van der Waals surface area contributed by atoms with Crippen LogP contribution in [-0.2, 0) is 11.2 Å². The second-order valence-electron chi connectivity index (χ2n) is 5.21. The van der Waals surface area contributed by atoms with Crippen molar-refractivity contribution in [2.75, 3.05) is 0 Å². The van der Waals surface area contributed by atoms with E-state index in [1.807, 2.05) is 31.2 Å². The van der Waals surface area contributed by atoms with Gasteiger partial charge in [-0.15, -0.1) is 0 Å². The molecule has 1 atom stereocenters. The predicted molar refractivity (Wildman–Crippen MR) is 76.3 cm³/mol. The molecule has 1 aromatic rings. The number of para-hydroxylation sites is 1. The molecule has 1 saturated carbocycles. The predicted octanol–water partition coefficient (Wildman–Crippen LogP) is 3.08. The van der Waals surface area contributed by atoms with Crippen molar-refractivity contribution < 1.29 is 9.53 Å².